The highest BCUT2D eigenvalue weighted by Crippen LogP contribution is 2.20. The van der Waals surface area contributed by atoms with Crippen molar-refractivity contribution in [1.82, 2.24) is 9.97 Å². The van der Waals surface area contributed by atoms with E-state index in [1.807, 2.05) is 49.4 Å². The van der Waals surface area contributed by atoms with E-state index in [2.05, 4.69) is 23.0 Å². The molecule has 2 N–H and O–H groups in total. The quantitative estimate of drug-likeness (QED) is 0.799. The standard InChI is InChI=1S/C18H19N3O/c1-12-6-5-7-14(10-12)22-13(2)11-17-15-8-3-4-9-16(15)20-18(19)21-17/h3-10,13H,11H2,1-2H3,(H2,19,20,21). The van der Waals surface area contributed by atoms with Crippen LogP contribution in [0.2, 0.25) is 0 Å². The number of anilines is 1. The number of hydrogen-bond acceptors (Lipinski definition) is 4. The van der Waals surface area contributed by atoms with Crippen molar-refractivity contribution in [3.8, 4) is 5.75 Å². The summed E-state index contributed by atoms with van der Waals surface area (Å²) in [6, 6.07) is 15.9. The summed E-state index contributed by atoms with van der Waals surface area (Å²) in [6.07, 6.45) is 0.681. The molecule has 1 heterocycles. The van der Waals surface area contributed by atoms with Crippen LogP contribution in [0.5, 0.6) is 5.75 Å². The number of rotatable bonds is 4. The Morgan fingerprint density at radius 3 is 2.73 bits per heavy atom. The van der Waals surface area contributed by atoms with Crippen molar-refractivity contribution in [2.75, 3.05) is 5.73 Å². The maximum absolute atomic E-state index is 5.99. The number of aryl methyl sites for hydroxylation is 1. The molecule has 4 nitrogen and oxygen atoms in total. The van der Waals surface area contributed by atoms with E-state index in [1.165, 1.54) is 5.56 Å². The highest BCUT2D eigenvalue weighted by Gasteiger charge is 2.11. The second-order valence-corrected chi connectivity index (χ2v) is 5.49. The first-order chi connectivity index (χ1) is 10.6. The normalized spacial score (nSPS) is 12.3. The predicted octanol–water partition coefficient (Wildman–Crippen LogP) is 3.53. The van der Waals surface area contributed by atoms with Crippen LogP contribution in [0.1, 0.15) is 18.2 Å². The maximum atomic E-state index is 5.99. The molecule has 2 aromatic carbocycles. The first-order valence-electron chi connectivity index (χ1n) is 7.36. The predicted molar refractivity (Wildman–Crippen MR) is 88.9 cm³/mol. The van der Waals surface area contributed by atoms with Crippen molar-refractivity contribution in [3.63, 3.8) is 0 Å². The second-order valence-electron chi connectivity index (χ2n) is 5.49. The average molecular weight is 293 g/mol. The van der Waals surface area contributed by atoms with Gasteiger partial charge in [0.05, 0.1) is 11.2 Å². The summed E-state index contributed by atoms with van der Waals surface area (Å²) in [6.45, 7) is 4.09. The van der Waals surface area contributed by atoms with Gasteiger partial charge in [0.15, 0.2) is 0 Å². The van der Waals surface area contributed by atoms with E-state index < -0.39 is 0 Å². The summed E-state index contributed by atoms with van der Waals surface area (Å²) in [5, 5.41) is 1.02. The Labute approximate surface area is 130 Å². The number of nitrogens with zero attached hydrogens (tertiary/aromatic N) is 2. The van der Waals surface area contributed by atoms with Crippen molar-refractivity contribution in [2.24, 2.45) is 0 Å². The summed E-state index contributed by atoms with van der Waals surface area (Å²) < 4.78 is 5.99. The molecular weight excluding hydrogens is 274 g/mol. The van der Waals surface area contributed by atoms with Crippen LogP contribution in [0.4, 0.5) is 5.95 Å². The highest BCUT2D eigenvalue weighted by molar-refractivity contribution is 5.81. The molecule has 0 saturated heterocycles. The average Bonchev–Trinajstić information content (AvgIpc) is 2.47. The third-order valence-corrected chi connectivity index (χ3v) is 3.51. The van der Waals surface area contributed by atoms with Crippen molar-refractivity contribution in [1.29, 1.82) is 0 Å². The van der Waals surface area contributed by atoms with Crippen LogP contribution >= 0.6 is 0 Å². The van der Waals surface area contributed by atoms with Crippen LogP contribution in [0.15, 0.2) is 48.5 Å². The number of nitrogen functional groups attached to an aromatic ring is 1. The van der Waals surface area contributed by atoms with E-state index >= 15 is 0 Å². The summed E-state index contributed by atoms with van der Waals surface area (Å²) in [4.78, 5) is 8.65. The first kappa shape index (κ1) is 14.3. The summed E-state index contributed by atoms with van der Waals surface area (Å²) >= 11 is 0. The number of fused-ring (bicyclic) bond motifs is 1. The topological polar surface area (TPSA) is 61.0 Å². The Bertz CT molecular complexity index is 801. The molecule has 3 aromatic rings. The minimum atomic E-state index is -0.000457. The van der Waals surface area contributed by atoms with Crippen LogP contribution < -0.4 is 10.5 Å². The van der Waals surface area contributed by atoms with Gasteiger partial charge in [0.2, 0.25) is 5.95 Å². The zero-order chi connectivity index (χ0) is 15.5. The van der Waals surface area contributed by atoms with Crippen molar-refractivity contribution >= 4 is 16.9 Å². The molecule has 0 bridgehead atoms. The van der Waals surface area contributed by atoms with E-state index in [-0.39, 0.29) is 6.10 Å². The molecule has 0 aliphatic carbocycles. The van der Waals surface area contributed by atoms with Crippen molar-refractivity contribution in [2.45, 2.75) is 26.4 Å². The van der Waals surface area contributed by atoms with Gasteiger partial charge in [-0.05, 0) is 37.6 Å². The number of benzene rings is 2. The molecule has 1 unspecified atom stereocenters. The Balaban J connectivity index is 1.83. The fraction of sp³-hybridized carbons (Fsp3) is 0.222. The lowest BCUT2D eigenvalue weighted by atomic mass is 10.1. The molecular formula is C18H19N3O. The summed E-state index contributed by atoms with van der Waals surface area (Å²) in [5.74, 6) is 1.18. The minimum Gasteiger partial charge on any atom is -0.490 e. The van der Waals surface area contributed by atoms with Crippen LogP contribution in [-0.4, -0.2) is 16.1 Å². The smallest absolute Gasteiger partial charge is 0.220 e. The molecule has 1 atom stereocenters. The third-order valence-electron chi connectivity index (χ3n) is 3.51. The lowest BCUT2D eigenvalue weighted by Gasteiger charge is -2.16. The zero-order valence-corrected chi connectivity index (χ0v) is 12.8. The Kier molecular flexibility index (Phi) is 3.92. The number of ether oxygens (including phenoxy) is 1. The number of hydrogen-bond donors (Lipinski definition) is 1. The monoisotopic (exact) mass is 293 g/mol. The second kappa shape index (κ2) is 6.02. The molecule has 0 amide bonds. The number of para-hydroxylation sites is 1. The molecule has 4 heteroatoms. The van der Waals surface area contributed by atoms with Crippen molar-refractivity contribution < 1.29 is 4.74 Å². The molecule has 0 aliphatic rings. The van der Waals surface area contributed by atoms with E-state index in [1.54, 1.807) is 0 Å². The van der Waals surface area contributed by atoms with Crippen LogP contribution in [0, 0.1) is 6.92 Å². The first-order valence-corrected chi connectivity index (χ1v) is 7.36. The highest BCUT2D eigenvalue weighted by atomic mass is 16.5. The summed E-state index contributed by atoms with van der Waals surface area (Å²) in [5.41, 5.74) is 8.78. The van der Waals surface area contributed by atoms with Gasteiger partial charge >= 0.3 is 0 Å². The largest absolute Gasteiger partial charge is 0.490 e. The van der Waals surface area contributed by atoms with Crippen LogP contribution in [0.25, 0.3) is 10.9 Å². The zero-order valence-electron chi connectivity index (χ0n) is 12.8. The fourth-order valence-corrected chi connectivity index (χ4v) is 2.55. The molecule has 1 aromatic heterocycles. The Morgan fingerprint density at radius 1 is 1.09 bits per heavy atom. The van der Waals surface area contributed by atoms with Gasteiger partial charge < -0.3 is 10.5 Å². The van der Waals surface area contributed by atoms with Crippen LogP contribution in [-0.2, 0) is 6.42 Å². The number of nitrogens with two attached hydrogens (primary N) is 1. The van der Waals surface area contributed by atoms with E-state index in [0.717, 1.165) is 22.3 Å². The van der Waals surface area contributed by atoms with Gasteiger partial charge in [-0.2, -0.15) is 0 Å². The van der Waals surface area contributed by atoms with Gasteiger partial charge in [0.25, 0.3) is 0 Å². The van der Waals surface area contributed by atoms with Gasteiger partial charge in [-0.1, -0.05) is 30.3 Å². The number of aromatic nitrogens is 2. The molecule has 0 radical (unpaired) electrons. The van der Waals surface area contributed by atoms with Gasteiger partial charge in [0, 0.05) is 11.8 Å². The van der Waals surface area contributed by atoms with Gasteiger partial charge in [-0.15, -0.1) is 0 Å². The lowest BCUT2D eigenvalue weighted by Crippen LogP contribution is -2.17. The Morgan fingerprint density at radius 2 is 1.91 bits per heavy atom. The van der Waals surface area contributed by atoms with E-state index in [0.29, 0.717) is 12.4 Å². The molecule has 22 heavy (non-hydrogen) atoms. The Hall–Kier alpha value is -2.62. The molecule has 0 fully saturated rings. The van der Waals surface area contributed by atoms with Gasteiger partial charge in [0.1, 0.15) is 11.9 Å². The van der Waals surface area contributed by atoms with E-state index in [9.17, 15) is 0 Å². The van der Waals surface area contributed by atoms with Crippen molar-refractivity contribution in [3.05, 3.63) is 59.8 Å². The molecule has 3 rings (SSSR count). The lowest BCUT2D eigenvalue weighted by molar-refractivity contribution is 0.221. The van der Waals surface area contributed by atoms with Gasteiger partial charge in [-0.25, -0.2) is 9.97 Å². The van der Waals surface area contributed by atoms with E-state index in [4.69, 9.17) is 10.5 Å². The molecule has 0 aliphatic heterocycles. The third kappa shape index (κ3) is 3.17. The fourth-order valence-electron chi connectivity index (χ4n) is 2.55. The summed E-state index contributed by atoms with van der Waals surface area (Å²) in [7, 11) is 0. The SMILES string of the molecule is Cc1cccc(OC(C)Cc2nc(N)nc3ccccc23)c1. The molecule has 112 valence electrons. The molecule has 0 saturated carbocycles. The van der Waals surface area contributed by atoms with Crippen LogP contribution in [0.3, 0.4) is 0 Å². The molecule has 0 spiro atoms. The maximum Gasteiger partial charge on any atom is 0.220 e. The minimum absolute atomic E-state index is 0.000457. The van der Waals surface area contributed by atoms with Gasteiger partial charge in [-0.3, -0.25) is 0 Å².